The molecule has 1 heterocycles. The monoisotopic (exact) mass is 234 g/mol. The average Bonchev–Trinajstić information content (AvgIpc) is 2.95. The average molecular weight is 235 g/mol. The Morgan fingerprint density at radius 1 is 1.44 bits per heavy atom. The van der Waals surface area contributed by atoms with E-state index >= 15 is 0 Å². The lowest BCUT2D eigenvalue weighted by Gasteiger charge is -2.07. The fourth-order valence-corrected chi connectivity index (χ4v) is 2.41. The van der Waals surface area contributed by atoms with Crippen LogP contribution in [0.1, 0.15) is 31.0 Å². The number of rotatable bonds is 3. The van der Waals surface area contributed by atoms with Crippen LogP contribution in [0.5, 0.6) is 0 Å². The van der Waals surface area contributed by atoms with Gasteiger partial charge in [-0.25, -0.2) is 0 Å². The van der Waals surface area contributed by atoms with Crippen LogP contribution in [0.25, 0.3) is 10.9 Å². The van der Waals surface area contributed by atoms with Crippen LogP contribution in [0.4, 0.5) is 0 Å². The molecule has 0 radical (unpaired) electrons. The molecule has 3 rings (SSSR count). The summed E-state index contributed by atoms with van der Waals surface area (Å²) in [5.41, 5.74) is 8.36. The first-order valence-corrected chi connectivity index (χ1v) is 6.14. The van der Waals surface area contributed by atoms with Crippen molar-refractivity contribution in [3.8, 4) is 0 Å². The molecular weight excluding hydrogens is 220 g/mol. The van der Waals surface area contributed by atoms with Crippen LogP contribution in [-0.4, -0.2) is 4.98 Å². The van der Waals surface area contributed by atoms with Crippen molar-refractivity contribution in [3.63, 3.8) is 0 Å². The zero-order chi connectivity index (χ0) is 11.1. The minimum Gasteiger partial charge on any atom is -0.357 e. The molecule has 1 aromatic carbocycles. The topological polar surface area (TPSA) is 41.8 Å². The molecule has 0 saturated heterocycles. The van der Waals surface area contributed by atoms with E-state index in [0.717, 1.165) is 34.0 Å². The summed E-state index contributed by atoms with van der Waals surface area (Å²) in [5, 5.41) is 1.86. The van der Waals surface area contributed by atoms with E-state index in [1.807, 2.05) is 18.2 Å². The molecule has 0 bridgehead atoms. The third-order valence-electron chi connectivity index (χ3n) is 3.32. The predicted octanol–water partition coefficient (Wildman–Crippen LogP) is 3.62. The SMILES string of the molecule is NC(CC1CC1)c1cc2c(Cl)cccc2[nH]1. The second-order valence-corrected chi connectivity index (χ2v) is 5.12. The van der Waals surface area contributed by atoms with Gasteiger partial charge in [-0.15, -0.1) is 0 Å². The van der Waals surface area contributed by atoms with E-state index in [0.29, 0.717) is 0 Å². The Kier molecular flexibility index (Phi) is 2.41. The third kappa shape index (κ3) is 1.83. The van der Waals surface area contributed by atoms with Crippen molar-refractivity contribution in [1.82, 2.24) is 4.98 Å². The summed E-state index contributed by atoms with van der Waals surface area (Å²) in [6.07, 6.45) is 3.77. The first-order valence-electron chi connectivity index (χ1n) is 5.77. The molecule has 0 aliphatic heterocycles. The molecule has 0 spiro atoms. The van der Waals surface area contributed by atoms with Crippen LogP contribution in [0.3, 0.4) is 0 Å². The van der Waals surface area contributed by atoms with Crippen LogP contribution in [-0.2, 0) is 0 Å². The summed E-state index contributed by atoms with van der Waals surface area (Å²) in [4.78, 5) is 3.36. The minimum absolute atomic E-state index is 0.121. The van der Waals surface area contributed by atoms with Gasteiger partial charge >= 0.3 is 0 Å². The third-order valence-corrected chi connectivity index (χ3v) is 3.65. The van der Waals surface area contributed by atoms with Gasteiger partial charge in [0.05, 0.1) is 0 Å². The second-order valence-electron chi connectivity index (χ2n) is 4.71. The number of benzene rings is 1. The summed E-state index contributed by atoms with van der Waals surface area (Å²) in [6.45, 7) is 0. The number of nitrogens with two attached hydrogens (primary N) is 1. The smallest absolute Gasteiger partial charge is 0.0499 e. The molecule has 2 aromatic rings. The van der Waals surface area contributed by atoms with Crippen LogP contribution in [0.15, 0.2) is 24.3 Å². The number of hydrogen-bond acceptors (Lipinski definition) is 1. The van der Waals surface area contributed by atoms with Crippen molar-refractivity contribution in [2.24, 2.45) is 11.7 Å². The van der Waals surface area contributed by atoms with E-state index in [9.17, 15) is 0 Å². The standard InChI is InChI=1S/C13H15ClN2/c14-10-2-1-3-12-9(10)7-13(16-12)11(15)6-8-4-5-8/h1-3,7-8,11,16H,4-6,15H2. The summed E-state index contributed by atoms with van der Waals surface area (Å²) in [6, 6.07) is 8.11. The van der Waals surface area contributed by atoms with Crippen molar-refractivity contribution >= 4 is 22.5 Å². The Balaban J connectivity index is 1.94. The van der Waals surface area contributed by atoms with Gasteiger partial charge < -0.3 is 10.7 Å². The highest BCUT2D eigenvalue weighted by Gasteiger charge is 2.25. The van der Waals surface area contributed by atoms with Gasteiger partial charge in [0.15, 0.2) is 0 Å². The summed E-state index contributed by atoms with van der Waals surface area (Å²) in [7, 11) is 0. The number of halogens is 1. The molecule has 3 heteroatoms. The van der Waals surface area contributed by atoms with Crippen LogP contribution in [0.2, 0.25) is 5.02 Å². The Bertz CT molecular complexity index is 514. The van der Waals surface area contributed by atoms with E-state index in [2.05, 4.69) is 11.1 Å². The van der Waals surface area contributed by atoms with Crippen LogP contribution >= 0.6 is 11.6 Å². The maximum absolute atomic E-state index is 6.18. The highest BCUT2D eigenvalue weighted by atomic mass is 35.5. The molecule has 0 amide bonds. The first kappa shape index (κ1) is 10.2. The minimum atomic E-state index is 0.121. The van der Waals surface area contributed by atoms with Crippen molar-refractivity contribution in [3.05, 3.63) is 35.0 Å². The van der Waals surface area contributed by atoms with Crippen molar-refractivity contribution in [2.45, 2.75) is 25.3 Å². The van der Waals surface area contributed by atoms with Crippen molar-refractivity contribution < 1.29 is 0 Å². The lowest BCUT2D eigenvalue weighted by atomic mass is 10.1. The Morgan fingerprint density at radius 2 is 2.25 bits per heavy atom. The van der Waals surface area contributed by atoms with Gasteiger partial charge in [0.2, 0.25) is 0 Å². The van der Waals surface area contributed by atoms with E-state index in [-0.39, 0.29) is 6.04 Å². The van der Waals surface area contributed by atoms with Gasteiger partial charge in [0.25, 0.3) is 0 Å². The van der Waals surface area contributed by atoms with Gasteiger partial charge in [-0.1, -0.05) is 30.5 Å². The molecule has 1 atom stereocenters. The van der Waals surface area contributed by atoms with E-state index in [4.69, 9.17) is 17.3 Å². The molecular formula is C13H15ClN2. The predicted molar refractivity (Wildman–Crippen MR) is 67.6 cm³/mol. The molecule has 1 saturated carbocycles. The van der Waals surface area contributed by atoms with Crippen molar-refractivity contribution in [2.75, 3.05) is 0 Å². The molecule has 1 aliphatic rings. The number of aromatic nitrogens is 1. The fraction of sp³-hybridized carbons (Fsp3) is 0.385. The van der Waals surface area contributed by atoms with E-state index in [1.54, 1.807) is 0 Å². The van der Waals surface area contributed by atoms with E-state index < -0.39 is 0 Å². The van der Waals surface area contributed by atoms with E-state index in [1.165, 1.54) is 12.8 Å². The molecule has 2 nitrogen and oxygen atoms in total. The van der Waals surface area contributed by atoms with Gasteiger partial charge in [-0.05, 0) is 30.5 Å². The number of H-pyrrole nitrogens is 1. The summed E-state index contributed by atoms with van der Waals surface area (Å²) < 4.78 is 0. The molecule has 1 aliphatic carbocycles. The molecule has 1 aromatic heterocycles. The highest BCUT2D eigenvalue weighted by molar-refractivity contribution is 6.35. The Morgan fingerprint density at radius 3 is 2.94 bits per heavy atom. The van der Waals surface area contributed by atoms with Gasteiger partial charge in [-0.2, -0.15) is 0 Å². The molecule has 1 fully saturated rings. The van der Waals surface area contributed by atoms with Crippen LogP contribution in [0, 0.1) is 5.92 Å². The molecule has 84 valence electrons. The van der Waals surface area contributed by atoms with Gasteiger partial charge in [0, 0.05) is 27.7 Å². The van der Waals surface area contributed by atoms with Gasteiger partial charge in [-0.3, -0.25) is 0 Å². The number of nitrogens with one attached hydrogen (secondary N) is 1. The quantitative estimate of drug-likeness (QED) is 0.837. The van der Waals surface area contributed by atoms with Crippen LogP contribution < -0.4 is 5.73 Å². The Hall–Kier alpha value is -0.990. The highest BCUT2D eigenvalue weighted by Crippen LogP contribution is 2.37. The number of hydrogen-bond donors (Lipinski definition) is 2. The first-order chi connectivity index (χ1) is 7.74. The summed E-state index contributed by atoms with van der Waals surface area (Å²) >= 11 is 6.13. The Labute approximate surface area is 99.8 Å². The fourth-order valence-electron chi connectivity index (χ4n) is 2.18. The summed E-state index contributed by atoms with van der Waals surface area (Å²) in [5.74, 6) is 0.844. The molecule has 16 heavy (non-hydrogen) atoms. The second kappa shape index (κ2) is 3.79. The lowest BCUT2D eigenvalue weighted by molar-refractivity contribution is 0.587. The van der Waals surface area contributed by atoms with Crippen molar-refractivity contribution in [1.29, 1.82) is 0 Å². The largest absolute Gasteiger partial charge is 0.357 e. The van der Waals surface area contributed by atoms with Gasteiger partial charge in [0.1, 0.15) is 0 Å². The maximum atomic E-state index is 6.18. The molecule has 3 N–H and O–H groups in total. The number of fused-ring (bicyclic) bond motifs is 1. The zero-order valence-corrected chi connectivity index (χ0v) is 9.80. The molecule has 1 unspecified atom stereocenters. The zero-order valence-electron chi connectivity index (χ0n) is 9.04. The number of aromatic amines is 1. The normalized spacial score (nSPS) is 17.9. The lowest BCUT2D eigenvalue weighted by Crippen LogP contribution is -2.11. The maximum Gasteiger partial charge on any atom is 0.0499 e.